The van der Waals surface area contributed by atoms with Crippen LogP contribution in [0.3, 0.4) is 0 Å². The van der Waals surface area contributed by atoms with Gasteiger partial charge in [0.15, 0.2) is 0 Å². The fourth-order valence-electron chi connectivity index (χ4n) is 2.12. The van der Waals surface area contributed by atoms with E-state index < -0.39 is 0 Å². The number of carbonyl (C=O) groups is 1. The zero-order valence-corrected chi connectivity index (χ0v) is 12.2. The summed E-state index contributed by atoms with van der Waals surface area (Å²) < 4.78 is 2.96. The lowest BCUT2D eigenvalue weighted by molar-refractivity contribution is 0.0927. The molecule has 1 amide bonds. The first kappa shape index (κ1) is 12.0. The summed E-state index contributed by atoms with van der Waals surface area (Å²) in [4.78, 5) is 15.9. The van der Waals surface area contributed by atoms with E-state index in [2.05, 4.69) is 32.9 Å². The minimum atomic E-state index is -0.107. The van der Waals surface area contributed by atoms with E-state index in [1.807, 2.05) is 16.7 Å². The molecule has 3 rings (SSSR count). The summed E-state index contributed by atoms with van der Waals surface area (Å²) >= 11 is 8.61. The van der Waals surface area contributed by atoms with Crippen molar-refractivity contribution in [2.75, 3.05) is 6.54 Å². The Hall–Kier alpha value is -1.08. The molecule has 18 heavy (non-hydrogen) atoms. The number of pyridine rings is 1. The number of fused-ring (bicyclic) bond motifs is 1. The molecule has 0 saturated carbocycles. The number of halogens is 2. The van der Waals surface area contributed by atoms with Crippen molar-refractivity contribution in [2.24, 2.45) is 0 Å². The highest BCUT2D eigenvalue weighted by Gasteiger charge is 2.27. The van der Waals surface area contributed by atoms with Gasteiger partial charge in [-0.1, -0.05) is 11.6 Å². The maximum absolute atomic E-state index is 11.9. The first-order chi connectivity index (χ1) is 8.70. The molecule has 0 unspecified atom stereocenters. The van der Waals surface area contributed by atoms with E-state index >= 15 is 0 Å². The molecule has 0 aliphatic carbocycles. The van der Waals surface area contributed by atoms with Gasteiger partial charge in [-0.05, 0) is 40.3 Å². The second-order valence-corrected chi connectivity index (χ2v) is 5.37. The molecule has 4 nitrogen and oxygen atoms in total. The quantitative estimate of drug-likeness (QED) is 0.781. The van der Waals surface area contributed by atoms with Gasteiger partial charge in [0.25, 0.3) is 5.91 Å². The van der Waals surface area contributed by atoms with Crippen molar-refractivity contribution < 1.29 is 4.79 Å². The number of rotatable bonds is 1. The Balaban J connectivity index is 2.26. The predicted octanol–water partition coefficient (Wildman–Crippen LogP) is 2.55. The zero-order valence-electron chi connectivity index (χ0n) is 9.28. The van der Waals surface area contributed by atoms with Crippen LogP contribution in [0.15, 0.2) is 24.5 Å². The Morgan fingerprint density at radius 3 is 2.78 bits per heavy atom. The third-order valence-electron chi connectivity index (χ3n) is 2.95. The average molecular weight is 374 g/mol. The first-order valence-corrected chi connectivity index (χ1v) is 6.92. The van der Waals surface area contributed by atoms with Gasteiger partial charge in [-0.25, -0.2) is 0 Å². The molecule has 1 aliphatic rings. The van der Waals surface area contributed by atoms with Gasteiger partial charge in [-0.15, -0.1) is 0 Å². The van der Waals surface area contributed by atoms with Crippen LogP contribution in [0.2, 0.25) is 5.02 Å². The summed E-state index contributed by atoms with van der Waals surface area (Å²) in [5, 5.41) is 3.33. The smallest absolute Gasteiger partial charge is 0.269 e. The van der Waals surface area contributed by atoms with Crippen molar-refractivity contribution in [1.82, 2.24) is 14.9 Å². The third kappa shape index (κ3) is 1.73. The Morgan fingerprint density at radius 2 is 2.11 bits per heavy atom. The van der Waals surface area contributed by atoms with Crippen molar-refractivity contribution in [3.8, 4) is 11.1 Å². The van der Waals surface area contributed by atoms with Crippen LogP contribution in [0.4, 0.5) is 0 Å². The summed E-state index contributed by atoms with van der Waals surface area (Å²) in [6.07, 6.45) is 3.44. The van der Waals surface area contributed by atoms with Crippen LogP contribution in [0.5, 0.6) is 0 Å². The van der Waals surface area contributed by atoms with Crippen molar-refractivity contribution >= 4 is 40.1 Å². The summed E-state index contributed by atoms with van der Waals surface area (Å²) in [5.74, 6) is -0.107. The van der Waals surface area contributed by atoms with Gasteiger partial charge in [0.1, 0.15) is 5.69 Å². The van der Waals surface area contributed by atoms with Crippen LogP contribution in [0.25, 0.3) is 11.1 Å². The maximum atomic E-state index is 11.9. The SMILES string of the molecule is O=C1NCCn2c(I)c(-c3ccncc3)c(Cl)c21. The molecule has 2 aromatic rings. The second-order valence-electron chi connectivity index (χ2n) is 3.97. The largest absolute Gasteiger partial charge is 0.349 e. The predicted molar refractivity (Wildman–Crippen MR) is 77.7 cm³/mol. The van der Waals surface area contributed by atoms with Gasteiger partial charge in [0, 0.05) is 31.0 Å². The van der Waals surface area contributed by atoms with Gasteiger partial charge in [-0.3, -0.25) is 9.78 Å². The Kier molecular flexibility index (Phi) is 3.03. The molecular formula is C12H9ClIN3O. The fraction of sp³-hybridized carbons (Fsp3) is 0.167. The van der Waals surface area contributed by atoms with E-state index in [4.69, 9.17) is 11.6 Å². The maximum Gasteiger partial charge on any atom is 0.269 e. The average Bonchev–Trinajstić information content (AvgIpc) is 2.64. The van der Waals surface area contributed by atoms with Gasteiger partial charge >= 0.3 is 0 Å². The molecule has 92 valence electrons. The lowest BCUT2D eigenvalue weighted by atomic mass is 10.1. The Morgan fingerprint density at radius 1 is 1.39 bits per heavy atom. The minimum Gasteiger partial charge on any atom is -0.349 e. The highest BCUT2D eigenvalue weighted by atomic mass is 127. The number of aromatic nitrogens is 2. The number of amides is 1. The van der Waals surface area contributed by atoms with Gasteiger partial charge in [-0.2, -0.15) is 0 Å². The molecule has 1 aliphatic heterocycles. The highest BCUT2D eigenvalue weighted by Crippen LogP contribution is 2.37. The molecule has 0 aromatic carbocycles. The summed E-state index contributed by atoms with van der Waals surface area (Å²) in [5.41, 5.74) is 2.44. The normalized spacial score (nSPS) is 14.2. The lowest BCUT2D eigenvalue weighted by Gasteiger charge is -2.16. The zero-order chi connectivity index (χ0) is 12.7. The van der Waals surface area contributed by atoms with Gasteiger partial charge in [0.2, 0.25) is 0 Å². The summed E-state index contributed by atoms with van der Waals surface area (Å²) in [6, 6.07) is 3.79. The van der Waals surface area contributed by atoms with Crippen molar-refractivity contribution in [3.05, 3.63) is 38.9 Å². The molecule has 0 bridgehead atoms. The Labute approximate surface area is 122 Å². The van der Waals surface area contributed by atoms with Crippen LogP contribution in [-0.4, -0.2) is 22.0 Å². The van der Waals surface area contributed by atoms with E-state index in [0.29, 0.717) is 17.3 Å². The van der Waals surface area contributed by atoms with Crippen LogP contribution in [-0.2, 0) is 6.54 Å². The third-order valence-corrected chi connectivity index (χ3v) is 4.44. The number of nitrogens with one attached hydrogen (secondary N) is 1. The van der Waals surface area contributed by atoms with Crippen molar-refractivity contribution in [2.45, 2.75) is 6.54 Å². The van der Waals surface area contributed by atoms with Gasteiger partial charge in [0.05, 0.1) is 8.72 Å². The van der Waals surface area contributed by atoms with Crippen molar-refractivity contribution in [1.29, 1.82) is 0 Å². The van der Waals surface area contributed by atoms with Crippen LogP contribution < -0.4 is 5.32 Å². The van der Waals surface area contributed by atoms with E-state index in [1.54, 1.807) is 12.4 Å². The van der Waals surface area contributed by atoms with Crippen LogP contribution >= 0.6 is 34.2 Å². The minimum absolute atomic E-state index is 0.107. The molecule has 2 aromatic heterocycles. The molecule has 0 spiro atoms. The molecule has 0 fully saturated rings. The number of carbonyl (C=O) groups excluding carboxylic acids is 1. The second kappa shape index (κ2) is 4.55. The fourth-order valence-corrected chi connectivity index (χ4v) is 3.73. The summed E-state index contributed by atoms with van der Waals surface area (Å²) in [6.45, 7) is 1.40. The number of nitrogens with zero attached hydrogens (tertiary/aromatic N) is 2. The molecule has 0 radical (unpaired) electrons. The highest BCUT2D eigenvalue weighted by molar-refractivity contribution is 14.1. The van der Waals surface area contributed by atoms with Crippen molar-refractivity contribution in [3.63, 3.8) is 0 Å². The molecule has 6 heteroatoms. The standard InChI is InChI=1S/C12H9ClIN3O/c13-9-8(7-1-3-15-4-2-7)11(14)17-6-5-16-12(18)10(9)17/h1-4H,5-6H2,(H,16,18). The molecule has 1 N–H and O–H groups in total. The molecule has 0 atom stereocenters. The van der Waals surface area contributed by atoms with Crippen LogP contribution in [0.1, 0.15) is 10.5 Å². The first-order valence-electron chi connectivity index (χ1n) is 5.46. The Bertz CT molecular complexity index is 624. The number of hydrogen-bond acceptors (Lipinski definition) is 2. The summed E-state index contributed by atoms with van der Waals surface area (Å²) in [7, 11) is 0. The topological polar surface area (TPSA) is 46.9 Å². The molecule has 3 heterocycles. The lowest BCUT2D eigenvalue weighted by Crippen LogP contribution is -2.35. The molecular weight excluding hydrogens is 365 g/mol. The van der Waals surface area contributed by atoms with E-state index in [9.17, 15) is 4.79 Å². The van der Waals surface area contributed by atoms with Gasteiger partial charge < -0.3 is 9.88 Å². The van der Waals surface area contributed by atoms with E-state index in [-0.39, 0.29) is 5.91 Å². The number of hydrogen-bond donors (Lipinski definition) is 1. The molecule has 0 saturated heterocycles. The van der Waals surface area contributed by atoms with E-state index in [1.165, 1.54) is 0 Å². The monoisotopic (exact) mass is 373 g/mol. The van der Waals surface area contributed by atoms with Crippen LogP contribution in [0, 0.1) is 3.70 Å². The van der Waals surface area contributed by atoms with E-state index in [0.717, 1.165) is 21.4 Å².